The summed E-state index contributed by atoms with van der Waals surface area (Å²) in [5.41, 5.74) is -0.349. The number of aryl methyl sites for hydroxylation is 1. The fraction of sp³-hybridized carbons (Fsp3) is 0.405. The number of anilines is 1. The number of aliphatic imine (C=N–C) groups is 1. The summed E-state index contributed by atoms with van der Waals surface area (Å²) in [5.74, 6) is 0.276. The topological polar surface area (TPSA) is 162 Å². The van der Waals surface area contributed by atoms with Gasteiger partial charge in [-0.15, -0.1) is 4.99 Å². The van der Waals surface area contributed by atoms with Crippen LogP contribution in [-0.4, -0.2) is 77.3 Å². The van der Waals surface area contributed by atoms with Crippen LogP contribution < -0.4 is 10.6 Å². The minimum atomic E-state index is -1.56. The summed E-state index contributed by atoms with van der Waals surface area (Å²) in [6, 6.07) is 29.3. The quantitative estimate of drug-likeness (QED) is 0.0705. The number of guanidine groups is 1. The molecule has 3 aromatic carbocycles. The van der Waals surface area contributed by atoms with Crippen molar-refractivity contribution < 1.29 is 29.3 Å². The minimum Gasteiger partial charge on any atom is -0.465 e. The van der Waals surface area contributed by atoms with Crippen molar-refractivity contribution in [2.24, 2.45) is 12.0 Å². The molecule has 0 spiro atoms. The molecule has 0 aliphatic heterocycles. The van der Waals surface area contributed by atoms with Gasteiger partial charge >= 0.3 is 18.3 Å². The van der Waals surface area contributed by atoms with E-state index in [-0.39, 0.29) is 18.9 Å². The third-order valence-corrected chi connectivity index (χ3v) is 8.85. The van der Waals surface area contributed by atoms with Crippen molar-refractivity contribution in [3.8, 4) is 0 Å². The monoisotopic (exact) mass is 753 g/mol. The molecule has 0 saturated heterocycles. The second-order valence-corrected chi connectivity index (χ2v) is 16.3. The number of carbonyl (C=O) groups is 3. The highest BCUT2D eigenvalue weighted by molar-refractivity contribution is 5.99. The first kappa shape index (κ1) is 41.9. The first-order valence-corrected chi connectivity index (χ1v) is 18.2. The Morgan fingerprint density at radius 2 is 1.25 bits per heavy atom. The molecule has 4 aromatic rings. The number of benzene rings is 3. The second kappa shape index (κ2) is 16.7. The number of nitrogens with zero attached hydrogens (tertiary/aromatic N) is 5. The van der Waals surface area contributed by atoms with Crippen LogP contribution in [0.15, 0.2) is 102 Å². The van der Waals surface area contributed by atoms with E-state index < -0.39 is 46.5 Å². The van der Waals surface area contributed by atoms with E-state index in [1.54, 1.807) is 64.4 Å². The van der Waals surface area contributed by atoms with E-state index in [0.29, 0.717) is 11.4 Å². The molecule has 4 rings (SSSR count). The number of carboxylic acid groups (broad SMARTS) is 2. The summed E-state index contributed by atoms with van der Waals surface area (Å²) in [7, 11) is 1.81. The van der Waals surface area contributed by atoms with Crippen molar-refractivity contribution in [2.75, 3.05) is 11.9 Å². The molecule has 1 aromatic heterocycles. The summed E-state index contributed by atoms with van der Waals surface area (Å²) in [6.07, 6.45) is -1.72. The zero-order chi connectivity index (χ0) is 40.8. The first-order chi connectivity index (χ1) is 25.7. The fourth-order valence-corrected chi connectivity index (χ4v) is 6.74. The van der Waals surface area contributed by atoms with Crippen molar-refractivity contribution >= 4 is 30.1 Å². The van der Waals surface area contributed by atoms with Gasteiger partial charge in [0, 0.05) is 30.2 Å². The number of rotatable bonds is 10. The number of amides is 3. The summed E-state index contributed by atoms with van der Waals surface area (Å²) >= 11 is 0. The maximum atomic E-state index is 13.0. The molecular formula is C42H55N7O6. The lowest BCUT2D eigenvalue weighted by Gasteiger charge is -2.48. The molecule has 4 N–H and O–H groups in total. The average Bonchev–Trinajstić information content (AvgIpc) is 3.44. The van der Waals surface area contributed by atoms with Crippen molar-refractivity contribution in [1.29, 1.82) is 0 Å². The van der Waals surface area contributed by atoms with E-state index in [9.17, 15) is 24.6 Å². The number of alkyl carbamates (subject to hydrolysis) is 1. The molecule has 1 unspecified atom stereocenters. The van der Waals surface area contributed by atoms with Crippen LogP contribution in [0.5, 0.6) is 0 Å². The van der Waals surface area contributed by atoms with Gasteiger partial charge in [0.15, 0.2) is 0 Å². The fourth-order valence-electron chi connectivity index (χ4n) is 6.74. The Kier molecular flexibility index (Phi) is 12.7. The van der Waals surface area contributed by atoms with Crippen LogP contribution in [0.3, 0.4) is 0 Å². The largest absolute Gasteiger partial charge is 0.465 e. The highest BCUT2D eigenvalue weighted by Crippen LogP contribution is 2.43. The maximum absolute atomic E-state index is 13.0. The smallest absolute Gasteiger partial charge is 0.434 e. The molecule has 294 valence electrons. The Bertz CT molecular complexity index is 1850. The Morgan fingerprint density at radius 3 is 1.64 bits per heavy atom. The molecule has 13 nitrogen and oxygen atoms in total. The predicted octanol–water partition coefficient (Wildman–Crippen LogP) is 8.69. The number of hydrogen-bond acceptors (Lipinski definition) is 6. The normalized spacial score (nSPS) is 13.1. The molecule has 1 heterocycles. The summed E-state index contributed by atoms with van der Waals surface area (Å²) in [6.45, 7) is 16.0. The number of nitrogens with one attached hydrogen (secondary N) is 2. The van der Waals surface area contributed by atoms with Gasteiger partial charge in [0.05, 0.1) is 12.2 Å². The van der Waals surface area contributed by atoms with E-state index in [1.165, 1.54) is 0 Å². The standard InChI is InChI=1S/C42H55N7O6/c1-39(2,3)48(35(45-36(50)51)49(38(53)54)40(4,5)6)33(26-27-43-37(52)55-41(7,8)9)32-28-44-47(10)34(32)46-42(29-20-14-11-15-21-29,30-22-16-12-17-23-30)31-24-18-13-19-25-31/h11-25,28,33,46H,26-27H2,1-10H3,(H,43,52)(H,50,51)(H,53,54). The summed E-state index contributed by atoms with van der Waals surface area (Å²) in [5, 5.41) is 32.3. The van der Waals surface area contributed by atoms with Crippen LogP contribution in [0.1, 0.15) is 97.0 Å². The van der Waals surface area contributed by atoms with Crippen molar-refractivity contribution in [2.45, 2.75) is 97.0 Å². The van der Waals surface area contributed by atoms with Gasteiger partial charge in [-0.1, -0.05) is 91.0 Å². The second-order valence-electron chi connectivity index (χ2n) is 16.3. The highest BCUT2D eigenvalue weighted by Gasteiger charge is 2.44. The molecule has 0 fully saturated rings. The predicted molar refractivity (Wildman–Crippen MR) is 214 cm³/mol. The van der Waals surface area contributed by atoms with Crippen molar-refractivity contribution in [1.82, 2.24) is 24.9 Å². The van der Waals surface area contributed by atoms with Gasteiger partial charge in [0.2, 0.25) is 5.96 Å². The molecule has 0 aliphatic carbocycles. The van der Waals surface area contributed by atoms with Gasteiger partial charge in [0.1, 0.15) is 17.0 Å². The number of ether oxygens (including phenoxy) is 1. The third kappa shape index (κ3) is 10.0. The molecule has 55 heavy (non-hydrogen) atoms. The minimum absolute atomic E-state index is 0.0740. The van der Waals surface area contributed by atoms with E-state index in [1.807, 2.05) is 75.4 Å². The first-order valence-electron chi connectivity index (χ1n) is 18.2. The number of carbonyl (C=O) groups excluding carboxylic acids is 1. The number of aromatic nitrogens is 2. The molecule has 0 bridgehead atoms. The summed E-state index contributed by atoms with van der Waals surface area (Å²) in [4.78, 5) is 45.1. The zero-order valence-corrected chi connectivity index (χ0v) is 33.5. The zero-order valence-electron chi connectivity index (χ0n) is 33.5. The van der Waals surface area contributed by atoms with E-state index in [2.05, 4.69) is 52.0 Å². The molecule has 13 heteroatoms. The average molecular weight is 754 g/mol. The lowest BCUT2D eigenvalue weighted by molar-refractivity contribution is 0.0520. The van der Waals surface area contributed by atoms with Crippen molar-refractivity contribution in [3.05, 3.63) is 119 Å². The lowest BCUT2D eigenvalue weighted by atomic mass is 9.77. The molecule has 0 aliphatic rings. The van der Waals surface area contributed by atoms with Gasteiger partial charge in [-0.2, -0.15) is 5.10 Å². The van der Waals surface area contributed by atoms with Gasteiger partial charge in [-0.25, -0.2) is 19.3 Å². The Morgan fingerprint density at radius 1 is 0.782 bits per heavy atom. The maximum Gasteiger partial charge on any atom is 0.434 e. The van der Waals surface area contributed by atoms with Gasteiger partial charge in [0.25, 0.3) is 0 Å². The molecule has 0 radical (unpaired) electrons. The van der Waals surface area contributed by atoms with Crippen LogP contribution in [0.4, 0.5) is 20.2 Å². The van der Waals surface area contributed by atoms with Gasteiger partial charge in [-0.05, 0) is 85.4 Å². The van der Waals surface area contributed by atoms with Crippen LogP contribution in [0.25, 0.3) is 0 Å². The Labute approximate surface area is 324 Å². The van der Waals surface area contributed by atoms with E-state index >= 15 is 0 Å². The van der Waals surface area contributed by atoms with Crippen LogP contribution in [0, 0.1) is 0 Å². The van der Waals surface area contributed by atoms with Gasteiger partial charge < -0.3 is 30.5 Å². The van der Waals surface area contributed by atoms with E-state index in [4.69, 9.17) is 9.84 Å². The Hall–Kier alpha value is -5.85. The van der Waals surface area contributed by atoms with Gasteiger partial charge in [-0.3, -0.25) is 4.68 Å². The summed E-state index contributed by atoms with van der Waals surface area (Å²) < 4.78 is 7.24. The van der Waals surface area contributed by atoms with E-state index in [0.717, 1.165) is 21.6 Å². The molecule has 1 atom stereocenters. The SMILES string of the molecule is Cn1ncc(C(CCNC(=O)OC(C)(C)C)N(C(=NC(=O)O)N(C(=O)O)C(C)(C)C)C(C)(C)C)c1NC(c1ccccc1)(c1ccccc1)c1ccccc1. The third-order valence-electron chi connectivity index (χ3n) is 8.85. The van der Waals surface area contributed by atoms with Crippen molar-refractivity contribution in [3.63, 3.8) is 0 Å². The van der Waals surface area contributed by atoms with Crippen LogP contribution >= 0.6 is 0 Å². The van der Waals surface area contributed by atoms with Crippen LogP contribution in [0.2, 0.25) is 0 Å². The van der Waals surface area contributed by atoms with Crippen LogP contribution in [-0.2, 0) is 17.3 Å². The molecule has 3 amide bonds. The lowest BCUT2D eigenvalue weighted by Crippen LogP contribution is -2.60. The Balaban J connectivity index is 2.05. The highest BCUT2D eigenvalue weighted by atomic mass is 16.6. The molecule has 0 saturated carbocycles. The molecular weight excluding hydrogens is 699 g/mol. The number of hydrogen-bond donors (Lipinski definition) is 4.